The summed E-state index contributed by atoms with van der Waals surface area (Å²) in [5.74, 6) is -0.113. The standard InChI is InChI=1S/C30H36BrN3O5S/c1-5-22(3)32-30(36)28(6-2)33(20-23-15-17-26(39-4)18-16-23)29(35)21-34(25-12-10-11-24(31)19-25)40(37,38)27-13-8-7-9-14-27/h7-19,22,28H,5-6,20-21H2,1-4H3,(H,32,36). The molecule has 2 unspecified atom stereocenters. The number of nitrogens with one attached hydrogen (secondary N) is 1. The molecule has 8 nitrogen and oxygen atoms in total. The summed E-state index contributed by atoms with van der Waals surface area (Å²) in [4.78, 5) is 28.9. The van der Waals surface area contributed by atoms with E-state index >= 15 is 0 Å². The van der Waals surface area contributed by atoms with E-state index in [2.05, 4.69) is 21.2 Å². The molecule has 0 aromatic heterocycles. The number of carbonyl (C=O) groups excluding carboxylic acids is 2. The van der Waals surface area contributed by atoms with Crippen molar-refractivity contribution >= 4 is 43.5 Å². The van der Waals surface area contributed by atoms with E-state index in [0.29, 0.717) is 22.3 Å². The monoisotopic (exact) mass is 629 g/mol. The van der Waals surface area contributed by atoms with Crippen LogP contribution in [-0.2, 0) is 26.2 Å². The molecule has 0 bridgehead atoms. The lowest BCUT2D eigenvalue weighted by Gasteiger charge is -2.33. The second-order valence-corrected chi connectivity index (χ2v) is 12.2. The molecule has 0 aliphatic heterocycles. The van der Waals surface area contributed by atoms with E-state index in [1.807, 2.05) is 32.9 Å². The molecule has 0 saturated carbocycles. The van der Waals surface area contributed by atoms with Crippen LogP contribution in [0.5, 0.6) is 5.75 Å². The molecular weight excluding hydrogens is 594 g/mol. The maximum atomic E-state index is 14.1. The van der Waals surface area contributed by atoms with Crippen LogP contribution in [0.25, 0.3) is 0 Å². The Morgan fingerprint density at radius 2 is 1.62 bits per heavy atom. The largest absolute Gasteiger partial charge is 0.497 e. The fourth-order valence-electron chi connectivity index (χ4n) is 4.17. The topological polar surface area (TPSA) is 96.0 Å². The average Bonchev–Trinajstić information content (AvgIpc) is 2.96. The first-order chi connectivity index (χ1) is 19.1. The number of sulfonamides is 1. The lowest BCUT2D eigenvalue weighted by molar-refractivity contribution is -0.140. The van der Waals surface area contributed by atoms with Crippen molar-refractivity contribution < 1.29 is 22.7 Å². The number of nitrogens with zero attached hydrogens (tertiary/aromatic N) is 2. The zero-order valence-corrected chi connectivity index (χ0v) is 25.6. The molecule has 40 heavy (non-hydrogen) atoms. The summed E-state index contributed by atoms with van der Waals surface area (Å²) >= 11 is 3.41. The molecule has 3 aromatic rings. The Labute approximate surface area is 245 Å². The SMILES string of the molecule is CCC(C)NC(=O)C(CC)N(Cc1ccc(OC)cc1)C(=O)CN(c1cccc(Br)c1)S(=O)(=O)c1ccccc1. The second kappa shape index (κ2) is 14.3. The van der Waals surface area contributed by atoms with Gasteiger partial charge in [0, 0.05) is 17.1 Å². The molecule has 3 aromatic carbocycles. The molecule has 1 N–H and O–H groups in total. The van der Waals surface area contributed by atoms with E-state index in [-0.39, 0.29) is 23.4 Å². The van der Waals surface area contributed by atoms with Crippen LogP contribution in [0.15, 0.2) is 88.2 Å². The van der Waals surface area contributed by atoms with Gasteiger partial charge in [-0.1, -0.05) is 66.2 Å². The Morgan fingerprint density at radius 1 is 0.950 bits per heavy atom. The Balaban J connectivity index is 2.04. The van der Waals surface area contributed by atoms with Crippen LogP contribution in [-0.4, -0.2) is 50.9 Å². The van der Waals surface area contributed by atoms with Gasteiger partial charge in [-0.3, -0.25) is 13.9 Å². The fraction of sp³-hybridized carbons (Fsp3) is 0.333. The zero-order valence-electron chi connectivity index (χ0n) is 23.2. The van der Waals surface area contributed by atoms with Crippen molar-refractivity contribution in [2.45, 2.75) is 57.1 Å². The molecule has 0 radical (unpaired) electrons. The molecule has 0 spiro atoms. The van der Waals surface area contributed by atoms with Crippen LogP contribution in [0.3, 0.4) is 0 Å². The van der Waals surface area contributed by atoms with Gasteiger partial charge in [0.25, 0.3) is 10.0 Å². The predicted octanol–water partition coefficient (Wildman–Crippen LogP) is 5.38. The first-order valence-electron chi connectivity index (χ1n) is 13.2. The minimum atomic E-state index is -4.11. The first kappa shape index (κ1) is 31.2. The van der Waals surface area contributed by atoms with Crippen LogP contribution in [0.4, 0.5) is 5.69 Å². The lowest BCUT2D eigenvalue weighted by atomic mass is 10.1. The molecule has 0 fully saturated rings. The molecule has 2 amide bonds. The van der Waals surface area contributed by atoms with E-state index in [4.69, 9.17) is 4.74 Å². The summed E-state index contributed by atoms with van der Waals surface area (Å²) in [5, 5.41) is 2.98. The number of halogens is 1. The van der Waals surface area contributed by atoms with Gasteiger partial charge in [0.05, 0.1) is 17.7 Å². The van der Waals surface area contributed by atoms with Gasteiger partial charge in [-0.25, -0.2) is 8.42 Å². The third kappa shape index (κ3) is 7.85. The molecule has 0 saturated heterocycles. The van der Waals surface area contributed by atoms with Gasteiger partial charge in [-0.2, -0.15) is 0 Å². The van der Waals surface area contributed by atoms with Crippen LogP contribution in [0, 0.1) is 0 Å². The third-order valence-electron chi connectivity index (χ3n) is 6.61. The summed E-state index contributed by atoms with van der Waals surface area (Å²) in [5.41, 5.74) is 1.11. The van der Waals surface area contributed by atoms with E-state index in [9.17, 15) is 18.0 Å². The number of carbonyl (C=O) groups is 2. The van der Waals surface area contributed by atoms with Crippen LogP contribution < -0.4 is 14.4 Å². The van der Waals surface area contributed by atoms with Crippen molar-refractivity contribution in [1.29, 1.82) is 0 Å². The maximum Gasteiger partial charge on any atom is 0.264 e. The highest BCUT2D eigenvalue weighted by molar-refractivity contribution is 9.10. The average molecular weight is 631 g/mol. The van der Waals surface area contributed by atoms with Crippen molar-refractivity contribution in [2.24, 2.45) is 0 Å². The highest BCUT2D eigenvalue weighted by Gasteiger charge is 2.34. The number of ether oxygens (including phenoxy) is 1. The zero-order chi connectivity index (χ0) is 29.3. The predicted molar refractivity (Wildman–Crippen MR) is 161 cm³/mol. The van der Waals surface area contributed by atoms with E-state index in [0.717, 1.165) is 16.3 Å². The number of hydrogen-bond donors (Lipinski definition) is 1. The maximum absolute atomic E-state index is 14.1. The minimum absolute atomic E-state index is 0.0611. The number of methoxy groups -OCH3 is 1. The summed E-state index contributed by atoms with van der Waals surface area (Å²) < 4.78 is 34.7. The number of anilines is 1. The summed E-state index contributed by atoms with van der Waals surface area (Å²) in [7, 11) is -2.54. The van der Waals surface area contributed by atoms with Crippen molar-refractivity contribution in [3.8, 4) is 5.75 Å². The van der Waals surface area contributed by atoms with Crippen molar-refractivity contribution in [1.82, 2.24) is 10.2 Å². The lowest BCUT2D eigenvalue weighted by Crippen LogP contribution is -2.53. The highest BCUT2D eigenvalue weighted by atomic mass is 79.9. The molecule has 10 heteroatoms. The Kier molecular flexibility index (Phi) is 11.2. The van der Waals surface area contributed by atoms with Crippen LogP contribution in [0.2, 0.25) is 0 Å². The van der Waals surface area contributed by atoms with Gasteiger partial charge >= 0.3 is 0 Å². The summed E-state index contributed by atoms with van der Waals surface area (Å²) in [6.45, 7) is 5.34. The molecule has 0 aliphatic carbocycles. The molecule has 214 valence electrons. The Bertz CT molecular complexity index is 1380. The van der Waals surface area contributed by atoms with Crippen molar-refractivity contribution in [3.05, 3.63) is 88.9 Å². The van der Waals surface area contributed by atoms with Gasteiger partial charge in [-0.05, 0) is 67.8 Å². The molecule has 0 aliphatic rings. The fourth-order valence-corrected chi connectivity index (χ4v) is 5.98. The number of amides is 2. The van der Waals surface area contributed by atoms with Crippen molar-refractivity contribution in [2.75, 3.05) is 18.0 Å². The molecular formula is C30H36BrN3O5S. The molecule has 2 atom stereocenters. The van der Waals surface area contributed by atoms with E-state index < -0.39 is 28.5 Å². The highest BCUT2D eigenvalue weighted by Crippen LogP contribution is 2.27. The molecule has 3 rings (SSSR count). The quantitative estimate of drug-likeness (QED) is 0.274. The normalized spacial score (nSPS) is 12.7. The first-order valence-corrected chi connectivity index (χ1v) is 15.4. The van der Waals surface area contributed by atoms with Crippen LogP contribution >= 0.6 is 15.9 Å². The van der Waals surface area contributed by atoms with Gasteiger partial charge in [0.15, 0.2) is 0 Å². The van der Waals surface area contributed by atoms with Crippen LogP contribution in [0.1, 0.15) is 39.2 Å². The van der Waals surface area contributed by atoms with Gasteiger partial charge in [-0.15, -0.1) is 0 Å². The Hall–Kier alpha value is -3.37. The summed E-state index contributed by atoms with van der Waals surface area (Å²) in [6, 6.07) is 21.1. The minimum Gasteiger partial charge on any atom is -0.497 e. The Morgan fingerprint density at radius 3 is 2.20 bits per heavy atom. The van der Waals surface area contributed by atoms with Crippen molar-refractivity contribution in [3.63, 3.8) is 0 Å². The number of hydrogen-bond acceptors (Lipinski definition) is 5. The van der Waals surface area contributed by atoms with E-state index in [1.54, 1.807) is 61.7 Å². The van der Waals surface area contributed by atoms with Gasteiger partial charge in [0.2, 0.25) is 11.8 Å². The number of benzene rings is 3. The van der Waals surface area contributed by atoms with E-state index in [1.165, 1.54) is 17.0 Å². The second-order valence-electron chi connectivity index (χ2n) is 9.42. The smallest absolute Gasteiger partial charge is 0.264 e. The third-order valence-corrected chi connectivity index (χ3v) is 8.89. The number of rotatable bonds is 13. The van der Waals surface area contributed by atoms with Gasteiger partial charge < -0.3 is 15.0 Å². The van der Waals surface area contributed by atoms with Gasteiger partial charge in [0.1, 0.15) is 18.3 Å². The summed E-state index contributed by atoms with van der Waals surface area (Å²) in [6.07, 6.45) is 1.09. The molecule has 0 heterocycles.